The third kappa shape index (κ3) is 6.46. The van der Waals surface area contributed by atoms with Crippen LogP contribution in [0.25, 0.3) is 6.08 Å². The number of nitrogens with one attached hydrogen (secondary N) is 1. The van der Waals surface area contributed by atoms with Gasteiger partial charge in [-0.1, -0.05) is 42.5 Å². The van der Waals surface area contributed by atoms with Crippen LogP contribution >= 0.6 is 0 Å². The molecule has 0 bridgehead atoms. The van der Waals surface area contributed by atoms with E-state index < -0.39 is 12.1 Å². The maximum atomic E-state index is 12.4. The van der Waals surface area contributed by atoms with Crippen LogP contribution in [0.2, 0.25) is 0 Å². The maximum Gasteiger partial charge on any atom is 0.303 e. The van der Waals surface area contributed by atoms with Crippen LogP contribution in [-0.2, 0) is 20.7 Å². The van der Waals surface area contributed by atoms with Crippen molar-refractivity contribution < 1.29 is 23.8 Å². The molecule has 0 aliphatic carbocycles. The normalized spacial score (nSPS) is 11.7. The van der Waals surface area contributed by atoms with Gasteiger partial charge in [0.15, 0.2) is 17.6 Å². The SMILES string of the molecule is COc1ccc(CCNC(=O)C(/C=C/c2ccccc2)OC(C)=O)cc1OC. The number of hydrogen-bond donors (Lipinski definition) is 1. The Bertz CT molecular complexity index is 817. The lowest BCUT2D eigenvalue weighted by Crippen LogP contribution is -2.37. The first-order valence-corrected chi connectivity index (χ1v) is 8.92. The maximum absolute atomic E-state index is 12.4. The second-order valence-corrected chi connectivity index (χ2v) is 6.03. The second-order valence-electron chi connectivity index (χ2n) is 6.03. The third-order valence-corrected chi connectivity index (χ3v) is 3.98. The smallest absolute Gasteiger partial charge is 0.303 e. The van der Waals surface area contributed by atoms with Crippen molar-refractivity contribution >= 4 is 18.0 Å². The van der Waals surface area contributed by atoms with Gasteiger partial charge in [0, 0.05) is 13.5 Å². The van der Waals surface area contributed by atoms with Crippen molar-refractivity contribution in [2.24, 2.45) is 0 Å². The summed E-state index contributed by atoms with van der Waals surface area (Å²) in [7, 11) is 3.15. The van der Waals surface area contributed by atoms with Gasteiger partial charge in [0.25, 0.3) is 5.91 Å². The Morgan fingerprint density at radius 3 is 2.39 bits per heavy atom. The molecular weight excluding hydrogens is 358 g/mol. The standard InChI is InChI=1S/C22H25NO5/c1-16(24)28-20(12-9-17-7-5-4-6-8-17)22(25)23-14-13-18-10-11-19(26-2)21(15-18)27-3/h4-12,15,20H,13-14H2,1-3H3,(H,23,25)/b12-9+. The van der Waals surface area contributed by atoms with Gasteiger partial charge in [-0.15, -0.1) is 0 Å². The monoisotopic (exact) mass is 383 g/mol. The van der Waals surface area contributed by atoms with Crippen molar-refractivity contribution in [3.8, 4) is 11.5 Å². The molecule has 1 unspecified atom stereocenters. The summed E-state index contributed by atoms with van der Waals surface area (Å²) in [5.74, 6) is 0.395. The van der Waals surface area contributed by atoms with Crippen LogP contribution in [0.5, 0.6) is 11.5 Å². The van der Waals surface area contributed by atoms with Crippen LogP contribution in [-0.4, -0.2) is 38.7 Å². The van der Waals surface area contributed by atoms with E-state index in [1.165, 1.54) is 6.92 Å². The highest BCUT2D eigenvalue weighted by atomic mass is 16.5. The molecule has 0 aliphatic rings. The first-order chi connectivity index (χ1) is 13.5. The first-order valence-electron chi connectivity index (χ1n) is 8.92. The van der Waals surface area contributed by atoms with Crippen molar-refractivity contribution in [3.05, 3.63) is 65.7 Å². The lowest BCUT2D eigenvalue weighted by Gasteiger charge is -2.14. The van der Waals surface area contributed by atoms with Crippen molar-refractivity contribution in [2.75, 3.05) is 20.8 Å². The number of carbonyl (C=O) groups is 2. The highest BCUT2D eigenvalue weighted by Gasteiger charge is 2.18. The molecule has 6 nitrogen and oxygen atoms in total. The van der Waals surface area contributed by atoms with Crippen LogP contribution < -0.4 is 14.8 Å². The van der Waals surface area contributed by atoms with E-state index in [1.54, 1.807) is 26.4 Å². The summed E-state index contributed by atoms with van der Waals surface area (Å²) < 4.78 is 15.6. The Hall–Kier alpha value is -3.28. The molecule has 0 saturated carbocycles. The van der Waals surface area contributed by atoms with E-state index in [-0.39, 0.29) is 5.91 Å². The average Bonchev–Trinajstić information content (AvgIpc) is 2.71. The highest BCUT2D eigenvalue weighted by Crippen LogP contribution is 2.27. The largest absolute Gasteiger partial charge is 0.493 e. The zero-order valence-corrected chi connectivity index (χ0v) is 16.3. The van der Waals surface area contributed by atoms with Gasteiger partial charge in [-0.3, -0.25) is 9.59 Å². The van der Waals surface area contributed by atoms with Crippen molar-refractivity contribution in [3.63, 3.8) is 0 Å². The number of esters is 1. The minimum Gasteiger partial charge on any atom is -0.493 e. The Morgan fingerprint density at radius 1 is 1.04 bits per heavy atom. The second kappa shape index (κ2) is 10.8. The molecule has 0 aliphatic heterocycles. The topological polar surface area (TPSA) is 73.9 Å². The fraction of sp³-hybridized carbons (Fsp3) is 0.273. The van der Waals surface area contributed by atoms with Crippen LogP contribution in [0.3, 0.4) is 0 Å². The summed E-state index contributed by atoms with van der Waals surface area (Å²) in [6, 6.07) is 15.1. The molecule has 28 heavy (non-hydrogen) atoms. The first kappa shape index (κ1) is 21.0. The molecule has 1 atom stereocenters. The number of rotatable bonds is 9. The molecule has 0 spiro atoms. The minimum atomic E-state index is -0.983. The number of methoxy groups -OCH3 is 2. The minimum absolute atomic E-state index is 0.372. The molecule has 6 heteroatoms. The molecular formula is C22H25NO5. The zero-order chi connectivity index (χ0) is 20.4. The van der Waals surface area contributed by atoms with E-state index in [1.807, 2.05) is 48.5 Å². The Kier molecular flexibility index (Phi) is 8.09. The summed E-state index contributed by atoms with van der Waals surface area (Å²) in [5.41, 5.74) is 1.90. The van der Waals surface area contributed by atoms with Crippen LogP contribution in [0.15, 0.2) is 54.6 Å². The van der Waals surface area contributed by atoms with Gasteiger partial charge in [0.2, 0.25) is 0 Å². The van der Waals surface area contributed by atoms with E-state index in [0.29, 0.717) is 24.5 Å². The fourth-order valence-electron chi connectivity index (χ4n) is 2.59. The Morgan fingerprint density at radius 2 is 1.75 bits per heavy atom. The van der Waals surface area contributed by atoms with Crippen molar-refractivity contribution in [1.29, 1.82) is 0 Å². The number of hydrogen-bond acceptors (Lipinski definition) is 5. The fourth-order valence-corrected chi connectivity index (χ4v) is 2.59. The van der Waals surface area contributed by atoms with Crippen molar-refractivity contribution in [1.82, 2.24) is 5.32 Å². The van der Waals surface area contributed by atoms with Crippen LogP contribution in [0.4, 0.5) is 0 Å². The molecule has 0 fully saturated rings. The Balaban J connectivity index is 1.95. The molecule has 148 valence electrons. The van der Waals surface area contributed by atoms with E-state index in [4.69, 9.17) is 14.2 Å². The lowest BCUT2D eigenvalue weighted by atomic mass is 10.1. The summed E-state index contributed by atoms with van der Waals surface area (Å²) in [4.78, 5) is 23.8. The van der Waals surface area contributed by atoms with Gasteiger partial charge in [0.05, 0.1) is 14.2 Å². The molecule has 1 amide bonds. The molecule has 0 radical (unpaired) electrons. The predicted octanol–water partition coefficient (Wildman–Crippen LogP) is 3.01. The third-order valence-electron chi connectivity index (χ3n) is 3.98. The predicted molar refractivity (Wildman–Crippen MR) is 107 cm³/mol. The van der Waals surface area contributed by atoms with Crippen LogP contribution in [0.1, 0.15) is 18.1 Å². The number of carbonyl (C=O) groups excluding carboxylic acids is 2. The van der Waals surface area contributed by atoms with E-state index in [2.05, 4.69) is 5.32 Å². The van der Waals surface area contributed by atoms with E-state index in [9.17, 15) is 9.59 Å². The lowest BCUT2D eigenvalue weighted by molar-refractivity contribution is -0.150. The number of amides is 1. The van der Waals surface area contributed by atoms with Gasteiger partial charge in [0.1, 0.15) is 0 Å². The van der Waals surface area contributed by atoms with Gasteiger partial charge in [-0.05, 0) is 35.8 Å². The van der Waals surface area contributed by atoms with Gasteiger partial charge >= 0.3 is 5.97 Å². The molecule has 2 rings (SSSR count). The number of benzene rings is 2. The summed E-state index contributed by atoms with van der Waals surface area (Å²) >= 11 is 0. The Labute approximate surface area is 165 Å². The molecule has 0 heterocycles. The van der Waals surface area contributed by atoms with Gasteiger partial charge in [-0.2, -0.15) is 0 Å². The zero-order valence-electron chi connectivity index (χ0n) is 16.3. The molecule has 2 aromatic carbocycles. The molecule has 0 aromatic heterocycles. The van der Waals surface area contributed by atoms with E-state index in [0.717, 1.165) is 11.1 Å². The van der Waals surface area contributed by atoms with E-state index >= 15 is 0 Å². The average molecular weight is 383 g/mol. The molecule has 1 N–H and O–H groups in total. The summed E-state index contributed by atoms with van der Waals surface area (Å²) in [6.45, 7) is 1.67. The van der Waals surface area contributed by atoms with Crippen molar-refractivity contribution in [2.45, 2.75) is 19.4 Å². The molecule has 0 saturated heterocycles. The quantitative estimate of drug-likeness (QED) is 0.674. The van der Waals surface area contributed by atoms with Gasteiger partial charge < -0.3 is 19.5 Å². The highest BCUT2D eigenvalue weighted by molar-refractivity contribution is 5.86. The number of ether oxygens (including phenoxy) is 3. The summed E-state index contributed by atoms with van der Waals surface area (Å²) in [5, 5.41) is 2.80. The summed E-state index contributed by atoms with van der Waals surface area (Å²) in [6.07, 6.45) is 2.94. The van der Waals surface area contributed by atoms with Gasteiger partial charge in [-0.25, -0.2) is 0 Å². The molecule has 2 aromatic rings. The van der Waals surface area contributed by atoms with Crippen LogP contribution in [0, 0.1) is 0 Å².